The van der Waals surface area contributed by atoms with Gasteiger partial charge in [0.05, 0.1) is 22.6 Å². The number of nitrogens with one attached hydrogen (secondary N) is 1. The molecule has 0 aliphatic rings. The molecule has 7 nitrogen and oxygen atoms in total. The molecule has 2 aromatic heterocycles. The summed E-state index contributed by atoms with van der Waals surface area (Å²) < 4.78 is 32.6. The van der Waals surface area contributed by atoms with Crippen LogP contribution in [0.2, 0.25) is 0 Å². The fourth-order valence-electron chi connectivity index (χ4n) is 2.23. The number of primary amides is 1. The number of furan rings is 1. The molecule has 0 aliphatic heterocycles. The lowest BCUT2D eigenvalue weighted by Gasteiger charge is -2.35. The van der Waals surface area contributed by atoms with Gasteiger partial charge in [0.15, 0.2) is 0 Å². The van der Waals surface area contributed by atoms with Crippen LogP contribution in [0.4, 0.5) is 0 Å². The summed E-state index contributed by atoms with van der Waals surface area (Å²) >= 11 is 1.01. The van der Waals surface area contributed by atoms with Crippen LogP contribution in [0.15, 0.2) is 39.2 Å². The molecular weight excluding hydrogens is 362 g/mol. The minimum Gasteiger partial charge on any atom is -0.468 e. The van der Waals surface area contributed by atoms with Gasteiger partial charge in [-0.3, -0.25) is 9.69 Å². The first-order chi connectivity index (χ1) is 11.6. The van der Waals surface area contributed by atoms with E-state index in [1.807, 2.05) is 12.1 Å². The minimum atomic E-state index is -3.67. The second-order valence-electron chi connectivity index (χ2n) is 6.58. The maximum atomic E-state index is 12.3. The normalized spacial score (nSPS) is 12.6. The van der Waals surface area contributed by atoms with Crippen LogP contribution in [0.25, 0.3) is 0 Å². The molecule has 0 saturated carbocycles. The number of hydrogen-bond donors (Lipinski definition) is 2. The highest BCUT2D eigenvalue weighted by Gasteiger charge is 2.23. The van der Waals surface area contributed by atoms with Crippen molar-refractivity contribution in [3.8, 4) is 0 Å². The van der Waals surface area contributed by atoms with Gasteiger partial charge in [-0.2, -0.15) is 0 Å². The van der Waals surface area contributed by atoms with E-state index in [4.69, 9.17) is 10.2 Å². The maximum Gasteiger partial charge on any atom is 0.258 e. The highest BCUT2D eigenvalue weighted by molar-refractivity contribution is 7.89. The summed E-state index contributed by atoms with van der Waals surface area (Å²) in [6.07, 6.45) is 1.62. The van der Waals surface area contributed by atoms with Crippen molar-refractivity contribution in [1.82, 2.24) is 9.62 Å². The zero-order chi connectivity index (χ0) is 18.7. The predicted molar refractivity (Wildman–Crippen MR) is 96.9 cm³/mol. The number of nitrogens with zero attached hydrogens (tertiary/aromatic N) is 1. The van der Waals surface area contributed by atoms with E-state index in [1.54, 1.807) is 6.26 Å². The molecule has 3 N–H and O–H groups in total. The fraction of sp³-hybridized carbons (Fsp3) is 0.438. The van der Waals surface area contributed by atoms with Crippen LogP contribution in [0.1, 0.15) is 36.2 Å². The van der Waals surface area contributed by atoms with Gasteiger partial charge in [-0.1, -0.05) is 0 Å². The highest BCUT2D eigenvalue weighted by atomic mass is 32.2. The van der Waals surface area contributed by atoms with Crippen LogP contribution in [-0.2, 0) is 16.6 Å². The Morgan fingerprint density at radius 2 is 2.12 bits per heavy atom. The molecule has 0 radical (unpaired) electrons. The number of amides is 1. The maximum absolute atomic E-state index is 12.3. The molecule has 0 unspecified atom stereocenters. The van der Waals surface area contributed by atoms with Crippen LogP contribution in [-0.4, -0.2) is 37.9 Å². The van der Waals surface area contributed by atoms with Gasteiger partial charge in [0.25, 0.3) is 5.91 Å². The molecule has 0 fully saturated rings. The molecule has 0 saturated heterocycles. The molecular formula is C16H23N3O4S2. The quantitative estimate of drug-likeness (QED) is 0.723. The number of carbonyl (C=O) groups excluding carboxylic acids is 1. The smallest absolute Gasteiger partial charge is 0.258 e. The summed E-state index contributed by atoms with van der Waals surface area (Å²) in [5.41, 5.74) is 5.01. The van der Waals surface area contributed by atoms with Crippen molar-refractivity contribution in [3.05, 3.63) is 40.5 Å². The third-order valence-corrected chi connectivity index (χ3v) is 6.21. The molecule has 25 heavy (non-hydrogen) atoms. The number of hydrogen-bond acceptors (Lipinski definition) is 6. The zero-order valence-electron chi connectivity index (χ0n) is 14.5. The SMILES string of the molecule is CC(C)(C)N(CCNS(=O)(=O)c1csc(C(N)=O)c1)Cc1ccco1. The summed E-state index contributed by atoms with van der Waals surface area (Å²) in [5.74, 6) is 0.186. The Balaban J connectivity index is 1.99. The minimum absolute atomic E-state index is 0.0552. The molecule has 0 bridgehead atoms. The largest absolute Gasteiger partial charge is 0.468 e. The second-order valence-corrected chi connectivity index (χ2v) is 9.26. The Hall–Kier alpha value is -1.68. The molecule has 9 heteroatoms. The van der Waals surface area contributed by atoms with E-state index < -0.39 is 15.9 Å². The third kappa shape index (κ3) is 5.40. The summed E-state index contributed by atoms with van der Waals surface area (Å²) in [5, 5.41) is 1.41. The van der Waals surface area contributed by atoms with E-state index in [0.717, 1.165) is 17.1 Å². The molecule has 2 rings (SSSR count). The van der Waals surface area contributed by atoms with Gasteiger partial charge >= 0.3 is 0 Å². The number of rotatable bonds is 8. The first kappa shape index (κ1) is 19.6. The van der Waals surface area contributed by atoms with Crippen molar-refractivity contribution in [3.63, 3.8) is 0 Å². The summed E-state index contributed by atoms with van der Waals surface area (Å²) in [6, 6.07) is 5.01. The molecule has 0 spiro atoms. The first-order valence-electron chi connectivity index (χ1n) is 7.75. The van der Waals surface area contributed by atoms with E-state index in [-0.39, 0.29) is 21.9 Å². The van der Waals surface area contributed by atoms with Crippen molar-refractivity contribution in [1.29, 1.82) is 0 Å². The molecule has 2 aromatic rings. The topological polar surface area (TPSA) is 106 Å². The van der Waals surface area contributed by atoms with Crippen molar-refractivity contribution >= 4 is 27.3 Å². The Bertz CT molecular complexity index is 805. The van der Waals surface area contributed by atoms with E-state index >= 15 is 0 Å². The standard InChI is InChI=1S/C16H23N3O4S2/c1-16(2,3)19(10-12-5-4-8-23-12)7-6-18-25(21,22)13-9-14(15(17)20)24-11-13/h4-5,8-9,11,18H,6-7,10H2,1-3H3,(H2,17,20). The highest BCUT2D eigenvalue weighted by Crippen LogP contribution is 2.19. The lowest BCUT2D eigenvalue weighted by atomic mass is 10.1. The van der Waals surface area contributed by atoms with Gasteiger partial charge in [0.2, 0.25) is 10.0 Å². The zero-order valence-corrected chi connectivity index (χ0v) is 16.1. The monoisotopic (exact) mass is 385 g/mol. The summed E-state index contributed by atoms with van der Waals surface area (Å²) in [4.78, 5) is 13.5. The van der Waals surface area contributed by atoms with E-state index in [2.05, 4.69) is 30.4 Å². The Morgan fingerprint density at radius 1 is 1.40 bits per heavy atom. The van der Waals surface area contributed by atoms with Gasteiger partial charge in [-0.25, -0.2) is 13.1 Å². The number of carbonyl (C=O) groups is 1. The fourth-order valence-corrected chi connectivity index (χ4v) is 4.38. The van der Waals surface area contributed by atoms with Gasteiger partial charge in [0, 0.05) is 24.0 Å². The van der Waals surface area contributed by atoms with Crippen LogP contribution in [0, 0.1) is 0 Å². The summed E-state index contributed by atoms with van der Waals surface area (Å²) in [7, 11) is -3.67. The van der Waals surface area contributed by atoms with E-state index in [0.29, 0.717) is 13.1 Å². The van der Waals surface area contributed by atoms with Crippen LogP contribution in [0.5, 0.6) is 0 Å². The lowest BCUT2D eigenvalue weighted by Crippen LogP contribution is -2.44. The first-order valence-corrected chi connectivity index (χ1v) is 10.1. The lowest BCUT2D eigenvalue weighted by molar-refractivity contribution is 0.100. The molecule has 0 atom stereocenters. The van der Waals surface area contributed by atoms with Crippen LogP contribution < -0.4 is 10.5 Å². The predicted octanol–water partition coefficient (Wildman–Crippen LogP) is 2.02. The number of thiophene rings is 1. The third-order valence-electron chi connectivity index (χ3n) is 3.68. The summed E-state index contributed by atoms with van der Waals surface area (Å²) in [6.45, 7) is 7.51. The molecule has 0 aromatic carbocycles. The van der Waals surface area contributed by atoms with Gasteiger partial charge < -0.3 is 10.2 Å². The van der Waals surface area contributed by atoms with E-state index in [9.17, 15) is 13.2 Å². The van der Waals surface area contributed by atoms with Crippen molar-refractivity contribution in [2.75, 3.05) is 13.1 Å². The average Bonchev–Trinajstić information content (AvgIpc) is 3.16. The van der Waals surface area contributed by atoms with Crippen LogP contribution >= 0.6 is 11.3 Å². The Kier molecular flexibility index (Phi) is 6.04. The number of nitrogens with two attached hydrogens (primary N) is 1. The van der Waals surface area contributed by atoms with Crippen LogP contribution in [0.3, 0.4) is 0 Å². The Labute approximate surface area is 151 Å². The molecule has 138 valence electrons. The molecule has 0 aliphatic carbocycles. The Morgan fingerprint density at radius 3 is 2.64 bits per heavy atom. The average molecular weight is 386 g/mol. The number of sulfonamides is 1. The van der Waals surface area contributed by atoms with Gasteiger partial charge in [-0.05, 0) is 39.0 Å². The molecule has 2 heterocycles. The van der Waals surface area contributed by atoms with Gasteiger partial charge in [0.1, 0.15) is 5.76 Å². The van der Waals surface area contributed by atoms with Crippen molar-refractivity contribution in [2.24, 2.45) is 5.73 Å². The molecule has 1 amide bonds. The van der Waals surface area contributed by atoms with Gasteiger partial charge in [-0.15, -0.1) is 11.3 Å². The van der Waals surface area contributed by atoms with E-state index in [1.165, 1.54) is 11.4 Å². The van der Waals surface area contributed by atoms with Crippen molar-refractivity contribution < 1.29 is 17.6 Å². The second kappa shape index (κ2) is 7.69. The van der Waals surface area contributed by atoms with Crippen molar-refractivity contribution in [2.45, 2.75) is 37.8 Å².